The lowest BCUT2D eigenvalue weighted by Gasteiger charge is -2.22. The number of hydrogen-bond donors (Lipinski definition) is 1. The number of carbonyl (C=O) groups is 1. The maximum atomic E-state index is 12.5. The second-order valence-corrected chi connectivity index (χ2v) is 6.86. The number of carbonyl (C=O) groups excluding carboxylic acids is 1. The first-order chi connectivity index (χ1) is 9.61. The molecule has 1 aromatic carbocycles. The van der Waals surface area contributed by atoms with Crippen molar-refractivity contribution in [3.63, 3.8) is 0 Å². The molecule has 20 heavy (non-hydrogen) atoms. The van der Waals surface area contributed by atoms with Crippen LogP contribution in [0.5, 0.6) is 0 Å². The maximum absolute atomic E-state index is 12.5. The Morgan fingerprint density at radius 1 is 1.40 bits per heavy atom. The predicted molar refractivity (Wildman–Crippen MR) is 87.9 cm³/mol. The summed E-state index contributed by atoms with van der Waals surface area (Å²) in [6, 6.07) is 9.55. The molecule has 2 aromatic rings. The maximum Gasteiger partial charge on any atom is 0.255 e. The Balaban J connectivity index is 2.19. The van der Waals surface area contributed by atoms with Crippen LogP contribution in [0, 0.1) is 0 Å². The quantitative estimate of drug-likeness (QED) is 0.821. The monoisotopic (exact) mass is 352 g/mol. The highest BCUT2D eigenvalue weighted by atomic mass is 79.9. The molecule has 0 saturated heterocycles. The molecule has 2 rings (SSSR count). The number of rotatable bonds is 5. The fraction of sp³-hybridized carbons (Fsp3) is 0.267. The minimum absolute atomic E-state index is 0.0528. The second-order valence-electron chi connectivity index (χ2n) is 4.57. The van der Waals surface area contributed by atoms with Crippen molar-refractivity contribution in [2.75, 3.05) is 12.3 Å². The molecule has 0 spiro atoms. The van der Waals surface area contributed by atoms with Gasteiger partial charge in [-0.25, -0.2) is 0 Å². The van der Waals surface area contributed by atoms with E-state index in [-0.39, 0.29) is 5.91 Å². The van der Waals surface area contributed by atoms with Crippen LogP contribution < -0.4 is 5.73 Å². The Labute approximate surface area is 131 Å². The van der Waals surface area contributed by atoms with Crippen LogP contribution in [-0.2, 0) is 6.54 Å². The highest BCUT2D eigenvalue weighted by Gasteiger charge is 2.17. The zero-order valence-electron chi connectivity index (χ0n) is 11.3. The summed E-state index contributed by atoms with van der Waals surface area (Å²) in [5.74, 6) is 0.0528. The summed E-state index contributed by atoms with van der Waals surface area (Å²) >= 11 is 4.92. The van der Waals surface area contributed by atoms with Crippen molar-refractivity contribution in [1.29, 1.82) is 0 Å². The molecule has 106 valence electrons. The molecule has 0 radical (unpaired) electrons. The van der Waals surface area contributed by atoms with Crippen LogP contribution in [0.1, 0.15) is 29.3 Å². The number of halogens is 1. The first-order valence-electron chi connectivity index (χ1n) is 6.48. The van der Waals surface area contributed by atoms with E-state index in [0.717, 1.165) is 33.6 Å². The summed E-state index contributed by atoms with van der Waals surface area (Å²) < 4.78 is 0.969. The summed E-state index contributed by atoms with van der Waals surface area (Å²) in [6.07, 6.45) is 0.920. The molecule has 0 saturated carbocycles. The van der Waals surface area contributed by atoms with Gasteiger partial charge in [0.2, 0.25) is 0 Å². The highest BCUT2D eigenvalue weighted by Crippen LogP contribution is 2.23. The zero-order chi connectivity index (χ0) is 14.5. The van der Waals surface area contributed by atoms with Gasteiger partial charge in [0.25, 0.3) is 5.91 Å². The summed E-state index contributed by atoms with van der Waals surface area (Å²) in [5.41, 5.74) is 8.41. The van der Waals surface area contributed by atoms with E-state index in [1.807, 2.05) is 40.6 Å². The van der Waals surface area contributed by atoms with E-state index in [4.69, 9.17) is 5.73 Å². The van der Waals surface area contributed by atoms with Crippen LogP contribution in [-0.4, -0.2) is 17.4 Å². The van der Waals surface area contributed by atoms with E-state index >= 15 is 0 Å². The minimum atomic E-state index is 0.0528. The van der Waals surface area contributed by atoms with Gasteiger partial charge >= 0.3 is 0 Å². The lowest BCUT2D eigenvalue weighted by atomic mass is 10.1. The summed E-state index contributed by atoms with van der Waals surface area (Å²) in [7, 11) is 0. The van der Waals surface area contributed by atoms with Crippen LogP contribution in [0.4, 0.5) is 5.69 Å². The van der Waals surface area contributed by atoms with Gasteiger partial charge in [-0.1, -0.05) is 25.1 Å². The van der Waals surface area contributed by atoms with Crippen molar-refractivity contribution in [2.45, 2.75) is 19.9 Å². The third-order valence-corrected chi connectivity index (χ3v) is 4.52. The van der Waals surface area contributed by atoms with Gasteiger partial charge in [0.15, 0.2) is 0 Å². The summed E-state index contributed by atoms with van der Waals surface area (Å²) in [4.78, 5) is 14.4. The van der Waals surface area contributed by atoms with Gasteiger partial charge in [0.05, 0.1) is 9.35 Å². The lowest BCUT2D eigenvalue weighted by molar-refractivity contribution is 0.0744. The third-order valence-electron chi connectivity index (χ3n) is 3.01. The first-order valence-corrected chi connectivity index (χ1v) is 8.15. The standard InChI is InChI=1S/C15H17BrN2OS/c1-2-7-18(9-11-5-3-4-6-13(11)17)15(19)12-8-14(16)20-10-12/h3-6,8,10H,2,7,9,17H2,1H3. The van der Waals surface area contributed by atoms with Gasteiger partial charge in [-0.3, -0.25) is 4.79 Å². The van der Waals surface area contributed by atoms with Crippen LogP contribution in [0.3, 0.4) is 0 Å². The van der Waals surface area contributed by atoms with Crippen LogP contribution >= 0.6 is 27.3 Å². The number of nitrogens with zero attached hydrogens (tertiary/aromatic N) is 1. The van der Waals surface area contributed by atoms with E-state index in [1.54, 1.807) is 0 Å². The molecule has 2 N–H and O–H groups in total. The Morgan fingerprint density at radius 3 is 2.75 bits per heavy atom. The second kappa shape index (κ2) is 6.90. The molecule has 0 bridgehead atoms. The summed E-state index contributed by atoms with van der Waals surface area (Å²) in [6.45, 7) is 3.34. The van der Waals surface area contributed by atoms with Gasteiger partial charge in [-0.15, -0.1) is 11.3 Å². The van der Waals surface area contributed by atoms with Gasteiger partial charge in [0, 0.05) is 24.2 Å². The molecule has 0 aliphatic rings. The van der Waals surface area contributed by atoms with Crippen molar-refractivity contribution in [3.05, 3.63) is 50.6 Å². The number of para-hydroxylation sites is 1. The SMILES string of the molecule is CCCN(Cc1ccccc1N)C(=O)c1csc(Br)c1. The first kappa shape index (κ1) is 15.1. The molecule has 3 nitrogen and oxygen atoms in total. The van der Waals surface area contributed by atoms with Gasteiger partial charge in [0.1, 0.15) is 0 Å². The molecule has 1 amide bonds. The fourth-order valence-electron chi connectivity index (χ4n) is 2.01. The zero-order valence-corrected chi connectivity index (χ0v) is 13.7. The van der Waals surface area contributed by atoms with Crippen LogP contribution in [0.2, 0.25) is 0 Å². The van der Waals surface area contributed by atoms with E-state index in [0.29, 0.717) is 6.54 Å². The summed E-state index contributed by atoms with van der Waals surface area (Å²) in [5, 5.41) is 1.88. The number of amides is 1. The molecule has 1 heterocycles. The van der Waals surface area contributed by atoms with Crippen LogP contribution in [0.25, 0.3) is 0 Å². The minimum Gasteiger partial charge on any atom is -0.398 e. The molecule has 0 aliphatic carbocycles. The molecule has 0 unspecified atom stereocenters. The number of hydrogen-bond acceptors (Lipinski definition) is 3. The molecule has 0 atom stereocenters. The van der Waals surface area contributed by atoms with E-state index < -0.39 is 0 Å². The Bertz CT molecular complexity index is 597. The number of thiophene rings is 1. The Kier molecular flexibility index (Phi) is 5.20. The van der Waals surface area contributed by atoms with Crippen molar-refractivity contribution < 1.29 is 4.79 Å². The average molecular weight is 353 g/mol. The molecule has 5 heteroatoms. The third kappa shape index (κ3) is 3.61. The van der Waals surface area contributed by atoms with Crippen molar-refractivity contribution in [2.24, 2.45) is 0 Å². The van der Waals surface area contributed by atoms with Gasteiger partial charge in [-0.05, 0) is 40.0 Å². The van der Waals surface area contributed by atoms with E-state index in [9.17, 15) is 4.79 Å². The predicted octanol–water partition coefficient (Wildman–Crippen LogP) is 4.15. The number of nitrogen functional groups attached to an aromatic ring is 1. The number of benzene rings is 1. The molecule has 0 aliphatic heterocycles. The van der Waals surface area contributed by atoms with E-state index in [1.165, 1.54) is 11.3 Å². The van der Waals surface area contributed by atoms with E-state index in [2.05, 4.69) is 22.9 Å². The van der Waals surface area contributed by atoms with Crippen molar-refractivity contribution in [3.8, 4) is 0 Å². The van der Waals surface area contributed by atoms with Gasteiger partial charge < -0.3 is 10.6 Å². The normalized spacial score (nSPS) is 10.5. The smallest absolute Gasteiger partial charge is 0.255 e. The van der Waals surface area contributed by atoms with Crippen molar-refractivity contribution >= 4 is 38.9 Å². The molecule has 0 fully saturated rings. The van der Waals surface area contributed by atoms with Crippen LogP contribution in [0.15, 0.2) is 39.5 Å². The highest BCUT2D eigenvalue weighted by molar-refractivity contribution is 9.11. The Hall–Kier alpha value is -1.33. The van der Waals surface area contributed by atoms with Gasteiger partial charge in [-0.2, -0.15) is 0 Å². The Morgan fingerprint density at radius 2 is 2.15 bits per heavy atom. The average Bonchev–Trinajstić information content (AvgIpc) is 2.86. The number of anilines is 1. The number of nitrogens with two attached hydrogens (primary N) is 1. The topological polar surface area (TPSA) is 46.3 Å². The molecule has 1 aromatic heterocycles. The molecular formula is C15H17BrN2OS. The lowest BCUT2D eigenvalue weighted by Crippen LogP contribution is -2.31. The molecular weight excluding hydrogens is 336 g/mol. The van der Waals surface area contributed by atoms with Crippen molar-refractivity contribution in [1.82, 2.24) is 4.90 Å². The fourth-order valence-corrected chi connectivity index (χ4v) is 3.14. The largest absolute Gasteiger partial charge is 0.398 e.